The normalized spacial score (nSPS) is 14.1. The fourth-order valence-electron chi connectivity index (χ4n) is 2.75. The van der Waals surface area contributed by atoms with Gasteiger partial charge < -0.3 is 19.4 Å². The van der Waals surface area contributed by atoms with Crippen molar-refractivity contribution in [2.24, 2.45) is 7.05 Å². The average Bonchev–Trinajstić information content (AvgIpc) is 3.09. The van der Waals surface area contributed by atoms with Crippen LogP contribution in [0.1, 0.15) is 42.6 Å². The number of furan rings is 1. The van der Waals surface area contributed by atoms with Gasteiger partial charge in [0.05, 0.1) is 12.2 Å². The lowest BCUT2D eigenvalue weighted by atomic mass is 10.1. The number of nitrogens with zero attached hydrogens (tertiary/aromatic N) is 3. The predicted molar refractivity (Wildman–Crippen MR) is 97.9 cm³/mol. The molecule has 3 heterocycles. The van der Waals surface area contributed by atoms with E-state index in [1.54, 1.807) is 28.8 Å². The Kier molecular flexibility index (Phi) is 4.83. The van der Waals surface area contributed by atoms with E-state index in [0.717, 1.165) is 11.3 Å². The monoisotopic (exact) mass is 424 g/mol. The molecule has 1 aliphatic rings. The Morgan fingerprint density at radius 1 is 1.35 bits per heavy atom. The van der Waals surface area contributed by atoms with Gasteiger partial charge in [-0.1, -0.05) is 0 Å². The second-order valence-electron chi connectivity index (χ2n) is 7.11. The summed E-state index contributed by atoms with van der Waals surface area (Å²) in [5.74, 6) is 0.355. The Morgan fingerprint density at radius 2 is 2.08 bits per heavy atom. The van der Waals surface area contributed by atoms with Crippen molar-refractivity contribution in [1.82, 2.24) is 14.7 Å². The predicted octanol–water partition coefficient (Wildman–Crippen LogP) is 3.32. The Balaban J connectivity index is 1.79. The first kappa shape index (κ1) is 18.5. The van der Waals surface area contributed by atoms with Crippen molar-refractivity contribution in [1.29, 1.82) is 0 Å². The number of anilines is 1. The molecule has 140 valence electrons. The van der Waals surface area contributed by atoms with Crippen molar-refractivity contribution >= 4 is 33.7 Å². The number of aromatic nitrogens is 2. The molecule has 0 aromatic carbocycles. The third-order valence-corrected chi connectivity index (χ3v) is 4.30. The first-order valence-electron chi connectivity index (χ1n) is 8.23. The van der Waals surface area contributed by atoms with E-state index in [1.165, 1.54) is 0 Å². The van der Waals surface area contributed by atoms with E-state index in [0.29, 0.717) is 30.0 Å². The number of carbonyl (C=O) groups excluding carboxylic acids is 2. The topological polar surface area (TPSA) is 89.6 Å². The van der Waals surface area contributed by atoms with Crippen LogP contribution in [0.25, 0.3) is 0 Å². The maximum Gasteiger partial charge on any atom is 0.410 e. The van der Waals surface area contributed by atoms with Crippen molar-refractivity contribution in [3.05, 3.63) is 33.8 Å². The summed E-state index contributed by atoms with van der Waals surface area (Å²) in [5, 5.41) is 7.28. The van der Waals surface area contributed by atoms with Crippen molar-refractivity contribution < 1.29 is 18.7 Å². The van der Waals surface area contributed by atoms with Crippen molar-refractivity contribution in [3.8, 4) is 0 Å². The van der Waals surface area contributed by atoms with E-state index in [2.05, 4.69) is 26.3 Å². The van der Waals surface area contributed by atoms with E-state index in [9.17, 15) is 9.59 Å². The molecule has 0 unspecified atom stereocenters. The summed E-state index contributed by atoms with van der Waals surface area (Å²) >= 11 is 3.18. The Bertz CT molecular complexity index is 850. The number of carbonyl (C=O) groups is 2. The molecule has 0 atom stereocenters. The van der Waals surface area contributed by atoms with Gasteiger partial charge in [-0.05, 0) is 48.8 Å². The van der Waals surface area contributed by atoms with Crippen molar-refractivity contribution in [2.45, 2.75) is 39.3 Å². The molecule has 1 N–H and O–H groups in total. The lowest BCUT2D eigenvalue weighted by Gasteiger charge is -2.29. The van der Waals surface area contributed by atoms with Crippen LogP contribution in [0, 0.1) is 0 Å². The minimum atomic E-state index is -0.560. The van der Waals surface area contributed by atoms with Gasteiger partial charge in [0, 0.05) is 25.6 Å². The Labute approximate surface area is 159 Å². The largest absolute Gasteiger partial charge is 0.444 e. The molecular weight excluding hydrogens is 404 g/mol. The summed E-state index contributed by atoms with van der Waals surface area (Å²) < 4.78 is 12.8. The molecule has 0 aliphatic carbocycles. The lowest BCUT2D eigenvalue weighted by Crippen LogP contribution is -2.40. The van der Waals surface area contributed by atoms with Crippen molar-refractivity contribution in [2.75, 3.05) is 11.9 Å². The second kappa shape index (κ2) is 6.79. The summed E-state index contributed by atoms with van der Waals surface area (Å²) in [4.78, 5) is 26.4. The van der Waals surface area contributed by atoms with Crippen LogP contribution in [0.3, 0.4) is 0 Å². The van der Waals surface area contributed by atoms with Crippen LogP contribution >= 0.6 is 15.9 Å². The molecule has 3 rings (SSSR count). The number of amides is 2. The first-order valence-corrected chi connectivity index (χ1v) is 9.03. The smallest absolute Gasteiger partial charge is 0.410 e. The molecule has 0 bridgehead atoms. The highest BCUT2D eigenvalue weighted by Gasteiger charge is 2.30. The molecule has 8 nitrogen and oxygen atoms in total. The van der Waals surface area contributed by atoms with Gasteiger partial charge in [0.25, 0.3) is 5.91 Å². The molecule has 9 heteroatoms. The van der Waals surface area contributed by atoms with Crippen molar-refractivity contribution in [3.63, 3.8) is 0 Å². The highest BCUT2D eigenvalue weighted by atomic mass is 79.9. The van der Waals surface area contributed by atoms with Gasteiger partial charge in [-0.2, -0.15) is 5.10 Å². The van der Waals surface area contributed by atoms with Crippen LogP contribution in [-0.4, -0.2) is 38.8 Å². The zero-order chi connectivity index (χ0) is 19.1. The third-order valence-electron chi connectivity index (χ3n) is 3.88. The molecule has 0 saturated carbocycles. The van der Waals surface area contributed by atoms with Gasteiger partial charge >= 0.3 is 6.09 Å². The van der Waals surface area contributed by atoms with E-state index in [-0.39, 0.29) is 17.8 Å². The second-order valence-corrected chi connectivity index (χ2v) is 7.89. The van der Waals surface area contributed by atoms with Crippen LogP contribution in [0.15, 0.2) is 21.2 Å². The summed E-state index contributed by atoms with van der Waals surface area (Å²) in [6.07, 6.45) is 0.226. The molecule has 2 amide bonds. The zero-order valence-corrected chi connectivity index (χ0v) is 16.7. The Morgan fingerprint density at radius 3 is 2.69 bits per heavy atom. The van der Waals surface area contributed by atoms with Gasteiger partial charge in [-0.15, -0.1) is 0 Å². The van der Waals surface area contributed by atoms with Crippen LogP contribution in [0.2, 0.25) is 0 Å². The van der Waals surface area contributed by atoms with Gasteiger partial charge in [0.1, 0.15) is 11.4 Å². The Hall–Kier alpha value is -2.29. The van der Waals surface area contributed by atoms with E-state index in [4.69, 9.17) is 9.15 Å². The number of rotatable bonds is 2. The molecule has 26 heavy (non-hydrogen) atoms. The van der Waals surface area contributed by atoms with E-state index < -0.39 is 5.60 Å². The molecule has 1 aliphatic heterocycles. The summed E-state index contributed by atoms with van der Waals surface area (Å²) in [7, 11) is 1.75. The highest BCUT2D eigenvalue weighted by Crippen LogP contribution is 2.27. The fourth-order valence-corrected chi connectivity index (χ4v) is 3.05. The number of hydrogen-bond acceptors (Lipinski definition) is 5. The molecular formula is C17H21BrN4O4. The van der Waals surface area contributed by atoms with Crippen LogP contribution in [0.4, 0.5) is 10.6 Å². The zero-order valence-electron chi connectivity index (χ0n) is 15.1. The van der Waals surface area contributed by atoms with Gasteiger partial charge in [0.15, 0.2) is 10.4 Å². The lowest BCUT2D eigenvalue weighted by molar-refractivity contribution is 0.0224. The van der Waals surface area contributed by atoms with Crippen LogP contribution in [-0.2, 0) is 24.8 Å². The molecule has 2 aromatic rings. The number of fused-ring (bicyclic) bond motifs is 1. The fraction of sp³-hybridized carbons (Fsp3) is 0.471. The van der Waals surface area contributed by atoms with Crippen LogP contribution < -0.4 is 5.32 Å². The molecule has 0 fully saturated rings. The molecule has 2 aromatic heterocycles. The standard InChI is InChI=1S/C17H21BrN4O4/c1-17(2,3)26-16(24)22-8-7-11-10(9-22)14(21(4)20-11)19-15(23)12-5-6-13(18)25-12/h5-6H,7-9H2,1-4H3,(H,19,23). The SMILES string of the molecule is Cn1nc2c(c1NC(=O)c1ccc(Br)o1)CN(C(=O)OC(C)(C)C)CC2. The summed E-state index contributed by atoms with van der Waals surface area (Å²) in [6, 6.07) is 3.23. The van der Waals surface area contributed by atoms with Gasteiger partial charge in [-0.3, -0.25) is 9.48 Å². The molecule has 0 saturated heterocycles. The van der Waals surface area contributed by atoms with Gasteiger partial charge in [0.2, 0.25) is 0 Å². The minimum Gasteiger partial charge on any atom is -0.444 e. The van der Waals surface area contributed by atoms with Crippen LogP contribution in [0.5, 0.6) is 0 Å². The number of nitrogens with one attached hydrogen (secondary N) is 1. The maximum atomic E-state index is 12.4. The number of hydrogen-bond donors (Lipinski definition) is 1. The number of ether oxygens (including phenoxy) is 1. The summed E-state index contributed by atoms with van der Waals surface area (Å²) in [6.45, 7) is 6.35. The number of halogens is 1. The van der Waals surface area contributed by atoms with Gasteiger partial charge in [-0.25, -0.2) is 4.79 Å². The van der Waals surface area contributed by atoms with E-state index in [1.807, 2.05) is 20.8 Å². The van der Waals surface area contributed by atoms with E-state index >= 15 is 0 Å². The molecule has 0 spiro atoms. The third kappa shape index (κ3) is 3.92. The number of aryl methyl sites for hydroxylation is 1. The maximum absolute atomic E-state index is 12.4. The first-order chi connectivity index (χ1) is 12.1. The highest BCUT2D eigenvalue weighted by molar-refractivity contribution is 9.10. The summed E-state index contributed by atoms with van der Waals surface area (Å²) in [5.41, 5.74) is 1.11. The average molecular weight is 425 g/mol. The molecule has 0 radical (unpaired) electrons. The minimum absolute atomic E-state index is 0.187. The quantitative estimate of drug-likeness (QED) is 0.798.